The third kappa shape index (κ3) is 0.768. The molecule has 0 aromatic carbocycles. The average Bonchev–Trinajstić information content (AvgIpc) is 2.49. The van der Waals surface area contributed by atoms with Crippen LogP contribution < -0.4 is 0 Å². The molecule has 2 unspecified atom stereocenters. The first-order chi connectivity index (χ1) is 5.61. The highest BCUT2D eigenvalue weighted by atomic mass is 16.3. The fourth-order valence-electron chi connectivity index (χ4n) is 1.77. The Morgan fingerprint density at radius 2 is 2.17 bits per heavy atom. The van der Waals surface area contributed by atoms with E-state index in [2.05, 4.69) is 0 Å². The molecule has 5 heteroatoms. The van der Waals surface area contributed by atoms with Crippen molar-refractivity contribution in [2.24, 2.45) is 0 Å². The van der Waals surface area contributed by atoms with E-state index in [-0.39, 0.29) is 11.9 Å². The summed E-state index contributed by atoms with van der Waals surface area (Å²) >= 11 is 0. The van der Waals surface area contributed by atoms with Gasteiger partial charge in [0.1, 0.15) is 6.04 Å². The number of likely N-dealkylation sites (N-methyl/N-ethyl adjacent to an activating group) is 1. The molecule has 0 aliphatic carbocycles. The summed E-state index contributed by atoms with van der Waals surface area (Å²) in [7, 11) is 1.47. The number of aliphatic hydroxyl groups excluding tert-OH is 1. The monoisotopic (exact) mass is 170 g/mol. The van der Waals surface area contributed by atoms with Gasteiger partial charge in [0.15, 0.2) is 0 Å². The number of aliphatic hydroxyl groups is 1. The summed E-state index contributed by atoms with van der Waals surface area (Å²) in [5, 5.41) is 9.19. The molecule has 0 aromatic heterocycles. The zero-order valence-electron chi connectivity index (χ0n) is 6.73. The van der Waals surface area contributed by atoms with Crippen molar-refractivity contribution in [3.8, 4) is 0 Å². The van der Waals surface area contributed by atoms with Crippen molar-refractivity contribution in [3.05, 3.63) is 0 Å². The Labute approximate surface area is 69.6 Å². The molecule has 66 valence electrons. The van der Waals surface area contributed by atoms with Gasteiger partial charge < -0.3 is 10.0 Å². The van der Waals surface area contributed by atoms with E-state index in [1.165, 1.54) is 11.9 Å². The number of urea groups is 1. The lowest BCUT2D eigenvalue weighted by Crippen LogP contribution is -2.31. The maximum Gasteiger partial charge on any atom is 0.327 e. The predicted molar refractivity (Wildman–Crippen MR) is 39.3 cm³/mol. The number of rotatable bonds is 0. The van der Waals surface area contributed by atoms with Crippen molar-refractivity contribution in [3.63, 3.8) is 0 Å². The standard InChI is InChI=1S/C7H10N2O3/c1-8-6(11)5-2-4(10)3-9(5)7(8)12/h4-5,10H,2-3H2,1H3. The molecular formula is C7H10N2O3. The predicted octanol–water partition coefficient (Wildman–Crippen LogP) is -0.986. The van der Waals surface area contributed by atoms with Gasteiger partial charge in [-0.25, -0.2) is 4.79 Å². The zero-order chi connectivity index (χ0) is 8.88. The molecule has 2 atom stereocenters. The van der Waals surface area contributed by atoms with Crippen LogP contribution in [-0.4, -0.2) is 52.6 Å². The number of hydrogen-bond donors (Lipinski definition) is 1. The highest BCUT2D eigenvalue weighted by Gasteiger charge is 2.48. The van der Waals surface area contributed by atoms with E-state index in [9.17, 15) is 14.7 Å². The molecule has 2 saturated heterocycles. The molecule has 2 aliphatic rings. The number of nitrogens with zero attached hydrogens (tertiary/aromatic N) is 2. The van der Waals surface area contributed by atoms with Crippen LogP contribution >= 0.6 is 0 Å². The second kappa shape index (κ2) is 2.20. The first-order valence-corrected chi connectivity index (χ1v) is 3.87. The minimum Gasteiger partial charge on any atom is -0.391 e. The molecule has 1 N–H and O–H groups in total. The summed E-state index contributed by atoms with van der Waals surface area (Å²) in [6, 6.07) is -0.695. The van der Waals surface area contributed by atoms with E-state index >= 15 is 0 Å². The Kier molecular flexibility index (Phi) is 1.38. The summed E-state index contributed by atoms with van der Waals surface area (Å²) in [5.74, 6) is -0.198. The highest BCUT2D eigenvalue weighted by molar-refractivity contribution is 6.04. The number of carbonyl (C=O) groups excluding carboxylic acids is 2. The van der Waals surface area contributed by atoms with Crippen LogP contribution in [0, 0.1) is 0 Å². The van der Waals surface area contributed by atoms with E-state index in [0.29, 0.717) is 13.0 Å². The van der Waals surface area contributed by atoms with Crippen LogP contribution in [0.1, 0.15) is 6.42 Å². The maximum absolute atomic E-state index is 11.3. The lowest BCUT2D eigenvalue weighted by molar-refractivity contribution is -0.127. The van der Waals surface area contributed by atoms with Gasteiger partial charge in [-0.1, -0.05) is 0 Å². The second-order valence-electron chi connectivity index (χ2n) is 3.24. The number of carbonyl (C=O) groups is 2. The molecule has 0 bridgehead atoms. The lowest BCUT2D eigenvalue weighted by Gasteiger charge is -2.11. The largest absolute Gasteiger partial charge is 0.391 e. The average molecular weight is 170 g/mol. The van der Waals surface area contributed by atoms with Crippen molar-refractivity contribution in [1.29, 1.82) is 0 Å². The quantitative estimate of drug-likeness (QED) is 0.475. The number of imide groups is 1. The summed E-state index contributed by atoms with van der Waals surface area (Å²) in [6.07, 6.45) is -0.147. The van der Waals surface area contributed by atoms with Gasteiger partial charge in [0.25, 0.3) is 5.91 Å². The van der Waals surface area contributed by atoms with Crippen molar-refractivity contribution >= 4 is 11.9 Å². The normalized spacial score (nSPS) is 34.8. The Balaban J connectivity index is 2.27. The molecule has 2 fully saturated rings. The van der Waals surface area contributed by atoms with Gasteiger partial charge in [-0.05, 0) is 0 Å². The Bertz CT molecular complexity index is 229. The summed E-state index contributed by atoms with van der Waals surface area (Å²) in [4.78, 5) is 25.1. The van der Waals surface area contributed by atoms with Gasteiger partial charge in [-0.15, -0.1) is 0 Å². The van der Waals surface area contributed by atoms with Crippen LogP contribution in [-0.2, 0) is 4.79 Å². The fraction of sp³-hybridized carbons (Fsp3) is 0.714. The van der Waals surface area contributed by atoms with Crippen molar-refractivity contribution in [2.75, 3.05) is 13.6 Å². The van der Waals surface area contributed by atoms with Crippen molar-refractivity contribution in [2.45, 2.75) is 18.6 Å². The first-order valence-electron chi connectivity index (χ1n) is 3.87. The van der Waals surface area contributed by atoms with Gasteiger partial charge in [0, 0.05) is 20.0 Å². The van der Waals surface area contributed by atoms with Gasteiger partial charge in [0.05, 0.1) is 6.10 Å². The smallest absolute Gasteiger partial charge is 0.327 e. The molecule has 0 aromatic rings. The van der Waals surface area contributed by atoms with Crippen LogP contribution in [0.4, 0.5) is 4.79 Å². The molecule has 0 radical (unpaired) electrons. The van der Waals surface area contributed by atoms with Crippen LogP contribution in [0.15, 0.2) is 0 Å². The summed E-state index contributed by atoms with van der Waals surface area (Å²) in [5.41, 5.74) is 0. The molecular weight excluding hydrogens is 160 g/mol. The third-order valence-corrected chi connectivity index (χ3v) is 2.43. The Morgan fingerprint density at radius 3 is 2.75 bits per heavy atom. The molecule has 2 heterocycles. The molecule has 0 saturated carbocycles. The fourth-order valence-corrected chi connectivity index (χ4v) is 1.77. The maximum atomic E-state index is 11.3. The van der Waals surface area contributed by atoms with E-state index in [1.807, 2.05) is 0 Å². The van der Waals surface area contributed by atoms with Crippen molar-refractivity contribution in [1.82, 2.24) is 9.80 Å². The van der Waals surface area contributed by atoms with Gasteiger partial charge in [0.2, 0.25) is 0 Å². The zero-order valence-corrected chi connectivity index (χ0v) is 6.73. The Hall–Kier alpha value is -1.10. The molecule has 3 amide bonds. The molecule has 2 aliphatic heterocycles. The summed E-state index contributed by atoms with van der Waals surface area (Å²) in [6.45, 7) is 0.291. The Morgan fingerprint density at radius 1 is 1.50 bits per heavy atom. The topological polar surface area (TPSA) is 60.9 Å². The SMILES string of the molecule is CN1C(=O)C2CC(O)CN2C1=O. The number of hydrogen-bond acceptors (Lipinski definition) is 3. The molecule has 5 nitrogen and oxygen atoms in total. The van der Waals surface area contributed by atoms with E-state index in [0.717, 1.165) is 4.90 Å². The van der Waals surface area contributed by atoms with Crippen LogP contribution in [0.25, 0.3) is 0 Å². The van der Waals surface area contributed by atoms with Gasteiger partial charge >= 0.3 is 6.03 Å². The number of amides is 3. The van der Waals surface area contributed by atoms with Crippen LogP contribution in [0.3, 0.4) is 0 Å². The van der Waals surface area contributed by atoms with E-state index in [4.69, 9.17) is 0 Å². The summed E-state index contributed by atoms with van der Waals surface area (Å²) < 4.78 is 0. The lowest BCUT2D eigenvalue weighted by atomic mass is 10.2. The van der Waals surface area contributed by atoms with Crippen LogP contribution in [0.2, 0.25) is 0 Å². The number of fused-ring (bicyclic) bond motifs is 1. The minimum atomic E-state index is -0.531. The highest BCUT2D eigenvalue weighted by Crippen LogP contribution is 2.26. The molecule has 2 rings (SSSR count). The van der Waals surface area contributed by atoms with E-state index in [1.54, 1.807) is 0 Å². The van der Waals surface area contributed by atoms with E-state index < -0.39 is 12.1 Å². The molecule has 0 spiro atoms. The van der Waals surface area contributed by atoms with Crippen LogP contribution in [0.5, 0.6) is 0 Å². The van der Waals surface area contributed by atoms with Gasteiger partial charge in [-0.3, -0.25) is 9.69 Å². The first kappa shape index (κ1) is 7.54. The minimum absolute atomic E-state index is 0.198. The molecule has 12 heavy (non-hydrogen) atoms. The second-order valence-corrected chi connectivity index (χ2v) is 3.24. The third-order valence-electron chi connectivity index (χ3n) is 2.43. The van der Waals surface area contributed by atoms with Gasteiger partial charge in [-0.2, -0.15) is 0 Å². The van der Waals surface area contributed by atoms with Crippen molar-refractivity contribution < 1.29 is 14.7 Å².